The average molecular weight is 969 g/mol. The number of nitrogens with one attached hydrogen (secondary N) is 2. The van der Waals surface area contributed by atoms with Crippen LogP contribution in [0.4, 0.5) is 0 Å². The van der Waals surface area contributed by atoms with Gasteiger partial charge in [0.25, 0.3) is 6.71 Å². The summed E-state index contributed by atoms with van der Waals surface area (Å²) >= 11 is 0. The molecule has 0 fully saturated rings. The van der Waals surface area contributed by atoms with Gasteiger partial charge in [0.2, 0.25) is 0 Å². The topological polar surface area (TPSA) is 37.2 Å². The van der Waals surface area contributed by atoms with Gasteiger partial charge in [0.05, 0.1) is 11.7 Å². The second kappa shape index (κ2) is 26.1. The zero-order chi connectivity index (χ0) is 53.6. The van der Waals surface area contributed by atoms with Crippen molar-refractivity contribution in [2.45, 2.75) is 185 Å². The molecule has 2 aromatic carbocycles. The Morgan fingerprint density at radius 1 is 0.875 bits per heavy atom. The van der Waals surface area contributed by atoms with Crippen LogP contribution in [0.15, 0.2) is 185 Å². The molecule has 2 unspecified atom stereocenters. The molecule has 72 heavy (non-hydrogen) atoms. The van der Waals surface area contributed by atoms with E-state index in [-0.39, 0.29) is 34.4 Å². The molecule has 2 atom stereocenters. The Kier molecular flexibility index (Phi) is 21.5. The van der Waals surface area contributed by atoms with Gasteiger partial charge in [0, 0.05) is 17.3 Å². The minimum Gasteiger partial charge on any atom is -0.470 e. The zero-order valence-electron chi connectivity index (χ0n) is 48.3. The Bertz CT molecular complexity index is 2510. The molecule has 4 rings (SSSR count). The third kappa shape index (κ3) is 15.6. The lowest BCUT2D eigenvalue weighted by Crippen LogP contribution is -2.39. The van der Waals surface area contributed by atoms with Crippen molar-refractivity contribution >= 4 is 23.3 Å². The molecular formula is C68H97BN2O. The first kappa shape index (κ1) is 59.3. The molecule has 3 nitrogen and oxygen atoms in total. The van der Waals surface area contributed by atoms with Crippen molar-refractivity contribution in [3.63, 3.8) is 0 Å². The Morgan fingerprint density at radius 2 is 1.53 bits per heavy atom. The van der Waals surface area contributed by atoms with E-state index in [4.69, 9.17) is 17.6 Å². The summed E-state index contributed by atoms with van der Waals surface area (Å²) in [5, 5.41) is 9.01. The van der Waals surface area contributed by atoms with Gasteiger partial charge in [-0.15, -0.1) is 0 Å². The van der Waals surface area contributed by atoms with Crippen LogP contribution in [0.3, 0.4) is 0 Å². The van der Waals surface area contributed by atoms with E-state index in [1.54, 1.807) is 0 Å². The second-order valence-corrected chi connectivity index (χ2v) is 24.1. The number of hydrogen-bond donors (Lipinski definition) is 2. The first-order valence-corrected chi connectivity index (χ1v) is 27.5. The lowest BCUT2D eigenvalue weighted by molar-refractivity contribution is 0.332. The summed E-state index contributed by atoms with van der Waals surface area (Å²) in [5.41, 5.74) is 15.3. The SMILES string of the molecule is C=C/C=C(N/C=C/C=C(\C=C)C(C)(C)C)\C(=C\NC(C/C(=C/CC)C(C)CC)C(=C)C(=C)CCc1ccccc1)B(C(=C/C)/C=C(\CC(C)C)C(C)(C)CC)c1cc2cc3c(cc2o1)C(C)(C)CCC3(C)C. The van der Waals surface area contributed by atoms with Gasteiger partial charge in [0.1, 0.15) is 5.58 Å². The van der Waals surface area contributed by atoms with Gasteiger partial charge < -0.3 is 15.1 Å². The third-order valence-corrected chi connectivity index (χ3v) is 15.8. The van der Waals surface area contributed by atoms with E-state index in [9.17, 15) is 0 Å². The molecule has 388 valence electrons. The Balaban J connectivity index is 2.13. The van der Waals surface area contributed by atoms with Gasteiger partial charge in [0.15, 0.2) is 0 Å². The van der Waals surface area contributed by atoms with Gasteiger partial charge >= 0.3 is 0 Å². The molecular weight excluding hydrogens is 872 g/mol. The number of fused-ring (bicyclic) bond motifs is 2. The number of hydrogen-bond acceptors (Lipinski definition) is 3. The fourth-order valence-corrected chi connectivity index (χ4v) is 10.1. The molecule has 2 N–H and O–H groups in total. The molecule has 0 amide bonds. The maximum atomic E-state index is 7.34. The van der Waals surface area contributed by atoms with Crippen molar-refractivity contribution in [1.82, 2.24) is 10.6 Å². The maximum absolute atomic E-state index is 7.34. The number of aryl methyl sites for hydroxylation is 1. The number of allylic oxidation sites excluding steroid dienone is 12. The Hall–Kier alpha value is -5.22. The largest absolute Gasteiger partial charge is 0.470 e. The van der Waals surface area contributed by atoms with Crippen LogP contribution in [-0.4, -0.2) is 12.8 Å². The van der Waals surface area contributed by atoms with Crippen LogP contribution in [0.1, 0.15) is 179 Å². The second-order valence-electron chi connectivity index (χ2n) is 24.1. The fraction of sp³-hybridized carbons (Fsp3) is 0.471. The summed E-state index contributed by atoms with van der Waals surface area (Å²) < 4.78 is 7.34. The predicted molar refractivity (Wildman–Crippen MR) is 321 cm³/mol. The standard InChI is InChI=1S/C68H97BN2O/c1-21-31-53(49(9)23-3)43-62(51(11)50(10)36-37-52-33-28-27-29-34-52)71-47-60(61(32-22-2)70-40-30-35-55(24-4)65(12,13)14)69(57(25-5)45-56(41-48(7)8)66(15,16)26-6)64-44-54-42-58-59(46-63(54)72-64)68(19,20)39-38-67(58,17)18/h22,24-25,27-35,40,42,44-49,62,70-71H,2,4,10-11,21,23,26,36-39,41,43H2,1,3,5-9,12-20H3/b40-30+,53-31-,55-35+,56-45+,57-25+,60-47-,61-32+. The number of rotatable bonds is 26. The molecule has 0 saturated heterocycles. The van der Waals surface area contributed by atoms with Crippen LogP contribution in [0.25, 0.3) is 11.0 Å². The van der Waals surface area contributed by atoms with E-state index in [0.717, 1.165) is 102 Å². The molecule has 1 heterocycles. The van der Waals surface area contributed by atoms with Crippen molar-refractivity contribution in [2.75, 3.05) is 0 Å². The van der Waals surface area contributed by atoms with Crippen molar-refractivity contribution in [2.24, 2.45) is 22.7 Å². The van der Waals surface area contributed by atoms with Crippen molar-refractivity contribution in [1.29, 1.82) is 0 Å². The molecule has 1 aliphatic carbocycles. The molecule has 0 spiro atoms. The monoisotopic (exact) mass is 969 g/mol. The summed E-state index contributed by atoms with van der Waals surface area (Å²) in [6.45, 7) is 54.8. The Labute approximate surface area is 441 Å². The normalized spacial score (nSPS) is 17.0. The first-order chi connectivity index (χ1) is 33.9. The zero-order valence-corrected chi connectivity index (χ0v) is 48.3. The summed E-state index contributed by atoms with van der Waals surface area (Å²) in [4.78, 5) is 0. The van der Waals surface area contributed by atoms with Crippen LogP contribution in [0.5, 0.6) is 0 Å². The highest BCUT2D eigenvalue weighted by atomic mass is 16.3. The highest BCUT2D eigenvalue weighted by molar-refractivity contribution is 6.86. The molecule has 1 aromatic heterocycles. The summed E-state index contributed by atoms with van der Waals surface area (Å²) in [5.74, 6) is 0.916. The van der Waals surface area contributed by atoms with Crippen molar-refractivity contribution in [3.05, 3.63) is 197 Å². The van der Waals surface area contributed by atoms with E-state index < -0.39 is 0 Å². The van der Waals surface area contributed by atoms with E-state index in [0.29, 0.717) is 11.8 Å². The molecule has 0 bridgehead atoms. The number of furan rings is 1. The van der Waals surface area contributed by atoms with Crippen LogP contribution in [-0.2, 0) is 17.3 Å². The minimum absolute atomic E-state index is 0.0146. The number of benzene rings is 2. The molecule has 0 saturated carbocycles. The van der Waals surface area contributed by atoms with Gasteiger partial charge in [-0.05, 0) is 168 Å². The lowest BCUT2D eigenvalue weighted by atomic mass is 9.37. The van der Waals surface area contributed by atoms with E-state index >= 15 is 0 Å². The summed E-state index contributed by atoms with van der Waals surface area (Å²) in [7, 11) is 0. The van der Waals surface area contributed by atoms with Gasteiger partial charge in [-0.2, -0.15) is 0 Å². The fourth-order valence-electron chi connectivity index (χ4n) is 10.1. The summed E-state index contributed by atoms with van der Waals surface area (Å²) in [6, 6.07) is 17.7. The van der Waals surface area contributed by atoms with Gasteiger partial charge in [-0.3, -0.25) is 0 Å². The molecule has 3 aromatic rings. The third-order valence-electron chi connectivity index (χ3n) is 15.8. The van der Waals surface area contributed by atoms with Crippen molar-refractivity contribution < 1.29 is 4.42 Å². The summed E-state index contributed by atoms with van der Waals surface area (Å²) in [6.07, 6.45) is 30.6. The lowest BCUT2D eigenvalue weighted by Gasteiger charge is -2.41. The van der Waals surface area contributed by atoms with Gasteiger partial charge in [-0.25, -0.2) is 0 Å². The molecule has 0 aliphatic heterocycles. The predicted octanol–water partition coefficient (Wildman–Crippen LogP) is 18.6. The van der Waals surface area contributed by atoms with Crippen LogP contribution in [0.2, 0.25) is 0 Å². The van der Waals surface area contributed by atoms with E-state index in [1.165, 1.54) is 33.3 Å². The first-order valence-electron chi connectivity index (χ1n) is 27.5. The smallest absolute Gasteiger partial charge is 0.291 e. The quantitative estimate of drug-likeness (QED) is 0.0478. The molecule has 4 heteroatoms. The highest BCUT2D eigenvalue weighted by Gasteiger charge is 2.39. The average Bonchev–Trinajstić information content (AvgIpc) is 3.75. The maximum Gasteiger partial charge on any atom is 0.291 e. The van der Waals surface area contributed by atoms with Crippen LogP contribution >= 0.6 is 0 Å². The minimum atomic E-state index is -0.320. The molecule has 0 radical (unpaired) electrons. The molecule has 1 aliphatic rings. The highest BCUT2D eigenvalue weighted by Crippen LogP contribution is 2.47. The van der Waals surface area contributed by atoms with E-state index in [1.807, 2.05) is 18.4 Å². The van der Waals surface area contributed by atoms with Gasteiger partial charge in [-0.1, -0.05) is 219 Å². The van der Waals surface area contributed by atoms with E-state index in [2.05, 4.69) is 226 Å². The van der Waals surface area contributed by atoms with Crippen molar-refractivity contribution in [3.8, 4) is 0 Å². The Morgan fingerprint density at radius 3 is 2.08 bits per heavy atom. The van der Waals surface area contributed by atoms with Crippen LogP contribution in [0, 0.1) is 22.7 Å². The van der Waals surface area contributed by atoms with Crippen LogP contribution < -0.4 is 16.3 Å².